The highest BCUT2D eigenvalue weighted by Gasteiger charge is 2.38. The lowest BCUT2D eigenvalue weighted by molar-refractivity contribution is -0.157. The van der Waals surface area contributed by atoms with E-state index in [1.165, 1.54) is 49.0 Å². The van der Waals surface area contributed by atoms with Crippen LogP contribution in [0.3, 0.4) is 0 Å². The predicted octanol–water partition coefficient (Wildman–Crippen LogP) is 6.96. The van der Waals surface area contributed by atoms with Crippen molar-refractivity contribution in [2.45, 2.75) is 89.9 Å². The van der Waals surface area contributed by atoms with E-state index >= 15 is 0 Å². The number of nitrogens with one attached hydrogen (secondary N) is 1. The van der Waals surface area contributed by atoms with Gasteiger partial charge in [-0.2, -0.15) is 0 Å². The average molecular weight is 681 g/mol. The molecule has 1 aliphatic carbocycles. The highest BCUT2D eigenvalue weighted by atomic mass is 32.1. The van der Waals surface area contributed by atoms with Gasteiger partial charge in [-0.25, -0.2) is 9.97 Å². The fourth-order valence-corrected chi connectivity index (χ4v) is 7.86. The van der Waals surface area contributed by atoms with Crippen molar-refractivity contribution in [3.8, 4) is 22.5 Å². The molecule has 2 aromatic carbocycles. The number of aliphatic hydroxyl groups is 2. The third-order valence-electron chi connectivity index (χ3n) is 10.3. The minimum Gasteiger partial charge on any atom is -0.368 e. The van der Waals surface area contributed by atoms with Crippen LogP contribution >= 0.6 is 11.3 Å². The lowest BCUT2D eigenvalue weighted by atomic mass is 9.78. The van der Waals surface area contributed by atoms with Crippen molar-refractivity contribution in [2.24, 2.45) is 11.8 Å². The molecule has 4 aromatic rings. The van der Waals surface area contributed by atoms with Crippen molar-refractivity contribution in [3.63, 3.8) is 0 Å². The number of carbonyl (C=O) groups is 2. The Bertz CT molecular complexity index is 1710. The first-order chi connectivity index (χ1) is 23.5. The van der Waals surface area contributed by atoms with Gasteiger partial charge in [-0.05, 0) is 71.8 Å². The summed E-state index contributed by atoms with van der Waals surface area (Å²) in [4.78, 5) is 39.4. The number of amides is 2. The van der Waals surface area contributed by atoms with Gasteiger partial charge in [0.1, 0.15) is 6.04 Å². The lowest BCUT2D eigenvalue weighted by Crippen LogP contribution is -2.59. The maximum Gasteiger partial charge on any atom is 0.262 e. The molecule has 0 bridgehead atoms. The van der Waals surface area contributed by atoms with Gasteiger partial charge in [-0.3, -0.25) is 9.59 Å². The van der Waals surface area contributed by atoms with Crippen LogP contribution in [0.4, 0.5) is 0 Å². The van der Waals surface area contributed by atoms with E-state index in [4.69, 9.17) is 0 Å². The van der Waals surface area contributed by atoms with E-state index in [1.807, 2.05) is 42.7 Å². The van der Waals surface area contributed by atoms with Gasteiger partial charge in [0.2, 0.25) is 5.91 Å². The van der Waals surface area contributed by atoms with Crippen molar-refractivity contribution in [1.29, 1.82) is 0 Å². The minimum absolute atomic E-state index is 0.0828. The molecule has 49 heavy (non-hydrogen) atoms. The maximum atomic E-state index is 13.5. The fraction of sp³-hybridized carbons (Fsp3) is 0.450. The molecule has 3 heterocycles. The smallest absolute Gasteiger partial charge is 0.262 e. The molecule has 2 aliphatic rings. The van der Waals surface area contributed by atoms with Gasteiger partial charge in [0, 0.05) is 53.8 Å². The molecule has 2 aromatic heterocycles. The summed E-state index contributed by atoms with van der Waals surface area (Å²) in [6.07, 6.45) is 9.07. The highest BCUT2D eigenvalue weighted by Crippen LogP contribution is 2.37. The summed E-state index contributed by atoms with van der Waals surface area (Å²) in [5.74, 6) is 1.25. The summed E-state index contributed by atoms with van der Waals surface area (Å²) in [5.41, 5.74) is 5.16. The van der Waals surface area contributed by atoms with Gasteiger partial charge in [-0.1, -0.05) is 82.6 Å². The van der Waals surface area contributed by atoms with Crippen LogP contribution in [0.25, 0.3) is 22.5 Å². The number of benzene rings is 2. The molecule has 258 valence electrons. The molecule has 1 aliphatic heterocycles. The van der Waals surface area contributed by atoms with E-state index in [2.05, 4.69) is 67.2 Å². The number of aromatic nitrogens is 2. The number of likely N-dealkylation sites (tertiary alicyclic amines) is 1. The Labute approximate surface area is 293 Å². The van der Waals surface area contributed by atoms with Gasteiger partial charge in [0.15, 0.2) is 12.1 Å². The van der Waals surface area contributed by atoms with Crippen LogP contribution < -0.4 is 5.32 Å². The van der Waals surface area contributed by atoms with Crippen molar-refractivity contribution in [2.75, 3.05) is 13.1 Å². The standard InChI is InChI=1S/C40H48N4O4S/c1-5-25-6-10-27(11-7-25)28-14-16-29(17-15-28)31-21-41-36(42-22-31)30-12-8-26(9-13-30)20-33(38(46)44-23-32(24-44)39(47)48)43-37(45)34-18-19-35(49-34)40(2,3)4/h8-9,12-19,21-22,25,27,32-33,39,47-48H,5-7,10-11,20,23-24H2,1-4H3,(H,43,45)/t25?,27?,33-/m0/s1. The van der Waals surface area contributed by atoms with Crippen molar-refractivity contribution in [3.05, 3.63) is 93.9 Å². The molecule has 1 saturated heterocycles. The zero-order chi connectivity index (χ0) is 34.7. The second-order valence-corrected chi connectivity index (χ2v) is 15.9. The first-order valence-electron chi connectivity index (χ1n) is 17.6. The van der Waals surface area contributed by atoms with Crippen molar-refractivity contribution >= 4 is 23.2 Å². The van der Waals surface area contributed by atoms with E-state index in [9.17, 15) is 19.8 Å². The van der Waals surface area contributed by atoms with Crippen LogP contribution in [0.1, 0.15) is 91.4 Å². The Morgan fingerprint density at radius 3 is 2.08 bits per heavy atom. The molecule has 0 unspecified atom stereocenters. The maximum absolute atomic E-state index is 13.5. The summed E-state index contributed by atoms with van der Waals surface area (Å²) in [5, 5.41) is 22.0. The summed E-state index contributed by atoms with van der Waals surface area (Å²) < 4.78 is 0. The Balaban J connectivity index is 1.11. The molecule has 8 nitrogen and oxygen atoms in total. The predicted molar refractivity (Wildman–Crippen MR) is 194 cm³/mol. The van der Waals surface area contributed by atoms with Gasteiger partial charge in [0.25, 0.3) is 5.91 Å². The topological polar surface area (TPSA) is 116 Å². The van der Waals surface area contributed by atoms with Gasteiger partial charge >= 0.3 is 0 Å². The molecule has 3 N–H and O–H groups in total. The number of rotatable bonds is 10. The quantitative estimate of drug-likeness (QED) is 0.156. The molecule has 0 spiro atoms. The number of hydrogen-bond acceptors (Lipinski definition) is 7. The Morgan fingerprint density at radius 2 is 1.51 bits per heavy atom. The molecular formula is C40H48N4O4S. The number of hydrogen-bond donors (Lipinski definition) is 3. The van der Waals surface area contributed by atoms with Crippen LogP contribution in [0.5, 0.6) is 0 Å². The average Bonchev–Trinajstić information content (AvgIpc) is 3.60. The van der Waals surface area contributed by atoms with E-state index in [-0.39, 0.29) is 36.2 Å². The number of aliphatic hydroxyl groups excluding tert-OH is 1. The summed E-state index contributed by atoms with van der Waals surface area (Å²) >= 11 is 1.43. The number of thiophene rings is 1. The van der Waals surface area contributed by atoms with Gasteiger partial charge in [-0.15, -0.1) is 11.3 Å². The Kier molecular flexibility index (Phi) is 10.6. The largest absolute Gasteiger partial charge is 0.368 e. The zero-order valence-corrected chi connectivity index (χ0v) is 29.7. The first kappa shape index (κ1) is 34.9. The van der Waals surface area contributed by atoms with E-state index in [1.54, 1.807) is 11.0 Å². The molecule has 1 atom stereocenters. The van der Waals surface area contributed by atoms with Crippen molar-refractivity contribution in [1.82, 2.24) is 20.2 Å². The molecule has 2 amide bonds. The van der Waals surface area contributed by atoms with Crippen LogP contribution in [0.15, 0.2) is 73.1 Å². The zero-order valence-electron chi connectivity index (χ0n) is 28.9. The third kappa shape index (κ3) is 8.28. The summed E-state index contributed by atoms with van der Waals surface area (Å²) in [6, 6.07) is 19.6. The Hall–Kier alpha value is -3.92. The molecule has 2 fully saturated rings. The fourth-order valence-electron chi connectivity index (χ4n) is 6.90. The van der Waals surface area contributed by atoms with Crippen LogP contribution in [-0.4, -0.2) is 62.3 Å². The highest BCUT2D eigenvalue weighted by molar-refractivity contribution is 7.14. The molecule has 1 saturated carbocycles. The SMILES string of the molecule is CCC1CCC(c2ccc(-c3cnc(-c4ccc(C[C@H](NC(=O)c5ccc(C(C)(C)C)s5)C(=O)N5CC(C(O)O)C5)cc4)nc3)cc2)CC1. The summed E-state index contributed by atoms with van der Waals surface area (Å²) in [7, 11) is 0. The summed E-state index contributed by atoms with van der Waals surface area (Å²) in [6.45, 7) is 9.09. The van der Waals surface area contributed by atoms with E-state index in [0.29, 0.717) is 23.0 Å². The second kappa shape index (κ2) is 14.9. The molecular weight excluding hydrogens is 633 g/mol. The minimum atomic E-state index is -1.47. The molecule has 0 radical (unpaired) electrons. The van der Waals surface area contributed by atoms with Crippen molar-refractivity contribution < 1.29 is 19.8 Å². The van der Waals surface area contributed by atoms with Crippen LogP contribution in [0.2, 0.25) is 0 Å². The van der Waals surface area contributed by atoms with Gasteiger partial charge in [0.05, 0.1) is 4.88 Å². The van der Waals surface area contributed by atoms with Crippen LogP contribution in [0, 0.1) is 11.8 Å². The van der Waals surface area contributed by atoms with Gasteiger partial charge < -0.3 is 20.4 Å². The normalized spacial score (nSPS) is 19.0. The second-order valence-electron chi connectivity index (χ2n) is 14.8. The monoisotopic (exact) mass is 680 g/mol. The molecule has 9 heteroatoms. The van der Waals surface area contributed by atoms with E-state index in [0.717, 1.165) is 33.0 Å². The third-order valence-corrected chi connectivity index (χ3v) is 11.8. The first-order valence-corrected chi connectivity index (χ1v) is 18.4. The lowest BCUT2D eigenvalue weighted by Gasteiger charge is -2.41. The molecule has 6 rings (SSSR count). The van der Waals surface area contributed by atoms with Crippen LogP contribution in [-0.2, 0) is 16.6 Å². The number of nitrogens with zero attached hydrogens (tertiary/aromatic N) is 3. The Morgan fingerprint density at radius 1 is 0.878 bits per heavy atom. The number of carbonyl (C=O) groups excluding carboxylic acids is 2. The van der Waals surface area contributed by atoms with E-state index < -0.39 is 12.3 Å².